The number of aromatic nitrogens is 4. The molecule has 2 aromatic carbocycles. The van der Waals surface area contributed by atoms with Crippen molar-refractivity contribution in [3.8, 4) is 17.1 Å². The third-order valence-corrected chi connectivity index (χ3v) is 6.94. The summed E-state index contributed by atoms with van der Waals surface area (Å²) in [4.78, 5) is 9.19. The van der Waals surface area contributed by atoms with Gasteiger partial charge in [-0.3, -0.25) is 10.1 Å². The van der Waals surface area contributed by atoms with E-state index in [1.54, 1.807) is 19.2 Å². The summed E-state index contributed by atoms with van der Waals surface area (Å²) in [6.45, 7) is 2.24. The minimum absolute atomic E-state index is 0.202. The standard InChI is InChI=1S/C26H27FN4O/c1-16(25-29-26(31-30-25)19-7-10-21(32-2)11-8-19)17-3-5-18(6-4-17)22-13-14-28-24-12-9-20(27)15-23(22)24/h7-18H,3-6H2,1-2H3,(H,29,30,31). The van der Waals surface area contributed by atoms with Crippen molar-refractivity contribution < 1.29 is 9.13 Å². The Kier molecular flexibility index (Phi) is 5.60. The van der Waals surface area contributed by atoms with Crippen LogP contribution in [0.4, 0.5) is 4.39 Å². The molecule has 1 N–H and O–H groups in total. The molecule has 0 spiro atoms. The van der Waals surface area contributed by atoms with E-state index in [1.165, 1.54) is 11.6 Å². The number of pyridine rings is 1. The number of ether oxygens (including phenoxy) is 1. The van der Waals surface area contributed by atoms with Gasteiger partial charge in [0.25, 0.3) is 0 Å². The third-order valence-electron chi connectivity index (χ3n) is 6.94. The first-order valence-corrected chi connectivity index (χ1v) is 11.2. The molecule has 1 aliphatic rings. The quantitative estimate of drug-likeness (QED) is 0.407. The van der Waals surface area contributed by atoms with E-state index in [0.717, 1.165) is 53.7 Å². The van der Waals surface area contributed by atoms with Crippen molar-refractivity contribution in [2.24, 2.45) is 5.92 Å². The van der Waals surface area contributed by atoms with Crippen molar-refractivity contribution >= 4 is 10.9 Å². The monoisotopic (exact) mass is 430 g/mol. The lowest BCUT2D eigenvalue weighted by molar-refractivity contribution is 0.286. The highest BCUT2D eigenvalue weighted by molar-refractivity contribution is 5.82. The van der Waals surface area contributed by atoms with Crippen LogP contribution in [0.2, 0.25) is 0 Å². The predicted molar refractivity (Wildman–Crippen MR) is 123 cm³/mol. The fraction of sp³-hybridized carbons (Fsp3) is 0.346. The van der Waals surface area contributed by atoms with E-state index in [0.29, 0.717) is 23.6 Å². The van der Waals surface area contributed by atoms with E-state index in [4.69, 9.17) is 9.72 Å². The van der Waals surface area contributed by atoms with E-state index in [2.05, 4.69) is 28.2 Å². The van der Waals surface area contributed by atoms with E-state index < -0.39 is 0 Å². The summed E-state index contributed by atoms with van der Waals surface area (Å²) in [5.74, 6) is 3.57. The van der Waals surface area contributed by atoms with Gasteiger partial charge in [0.1, 0.15) is 17.4 Å². The van der Waals surface area contributed by atoms with Crippen LogP contribution in [0.25, 0.3) is 22.3 Å². The van der Waals surface area contributed by atoms with Crippen molar-refractivity contribution in [2.75, 3.05) is 7.11 Å². The lowest BCUT2D eigenvalue weighted by Gasteiger charge is -2.32. The Morgan fingerprint density at radius 1 is 1.03 bits per heavy atom. The van der Waals surface area contributed by atoms with Gasteiger partial charge in [0.2, 0.25) is 0 Å². The normalized spacial score (nSPS) is 19.7. The second kappa shape index (κ2) is 8.69. The van der Waals surface area contributed by atoms with Crippen LogP contribution < -0.4 is 4.74 Å². The van der Waals surface area contributed by atoms with Crippen LogP contribution in [0.5, 0.6) is 5.75 Å². The van der Waals surface area contributed by atoms with E-state index in [1.807, 2.05) is 30.5 Å². The number of benzene rings is 2. The van der Waals surface area contributed by atoms with Gasteiger partial charge in [0.05, 0.1) is 12.6 Å². The summed E-state index contributed by atoms with van der Waals surface area (Å²) in [7, 11) is 1.66. The highest BCUT2D eigenvalue weighted by Crippen LogP contribution is 2.42. The number of rotatable bonds is 5. The van der Waals surface area contributed by atoms with Crippen molar-refractivity contribution in [3.63, 3.8) is 0 Å². The van der Waals surface area contributed by atoms with Gasteiger partial charge in [-0.1, -0.05) is 6.92 Å². The van der Waals surface area contributed by atoms with Crippen molar-refractivity contribution in [1.29, 1.82) is 0 Å². The number of nitrogens with one attached hydrogen (secondary N) is 1. The Morgan fingerprint density at radius 2 is 1.81 bits per heavy atom. The highest BCUT2D eigenvalue weighted by Gasteiger charge is 2.29. The molecule has 164 valence electrons. The smallest absolute Gasteiger partial charge is 0.181 e. The molecule has 1 aliphatic carbocycles. The molecule has 1 saturated carbocycles. The maximum absolute atomic E-state index is 13.9. The molecule has 0 aliphatic heterocycles. The predicted octanol–water partition coefficient (Wildman–Crippen LogP) is 6.25. The molecule has 4 aromatic rings. The fourth-order valence-corrected chi connectivity index (χ4v) is 5.00. The number of hydrogen-bond acceptors (Lipinski definition) is 4. The molecule has 0 amide bonds. The molecular formula is C26H27FN4O. The average Bonchev–Trinajstić information content (AvgIpc) is 3.34. The molecule has 1 atom stereocenters. The number of halogens is 1. The fourth-order valence-electron chi connectivity index (χ4n) is 5.00. The summed E-state index contributed by atoms with van der Waals surface area (Å²) in [6, 6.07) is 14.7. The van der Waals surface area contributed by atoms with E-state index in [9.17, 15) is 4.39 Å². The van der Waals surface area contributed by atoms with E-state index >= 15 is 0 Å². The molecule has 1 fully saturated rings. The second-order valence-corrected chi connectivity index (χ2v) is 8.73. The van der Waals surface area contributed by atoms with Crippen LogP contribution in [0.1, 0.15) is 55.8 Å². The molecule has 2 aromatic heterocycles. The Hall–Kier alpha value is -3.28. The molecule has 5 rings (SSSR count). The summed E-state index contributed by atoms with van der Waals surface area (Å²) >= 11 is 0. The molecule has 6 heteroatoms. The van der Waals surface area contributed by atoms with Gasteiger partial charge < -0.3 is 4.74 Å². The van der Waals surface area contributed by atoms with Gasteiger partial charge in [0, 0.05) is 23.1 Å². The van der Waals surface area contributed by atoms with Gasteiger partial charge in [-0.2, -0.15) is 5.10 Å². The third kappa shape index (κ3) is 3.97. The highest BCUT2D eigenvalue weighted by atomic mass is 19.1. The number of aromatic amines is 1. The Balaban J connectivity index is 1.28. The number of nitrogens with zero attached hydrogens (tertiary/aromatic N) is 3. The first kappa shape index (κ1) is 20.6. The summed E-state index contributed by atoms with van der Waals surface area (Å²) in [5, 5.41) is 8.55. The molecule has 0 radical (unpaired) electrons. The van der Waals surface area contributed by atoms with Crippen LogP contribution >= 0.6 is 0 Å². The van der Waals surface area contributed by atoms with Crippen LogP contribution in [0.3, 0.4) is 0 Å². The van der Waals surface area contributed by atoms with Crippen LogP contribution in [0, 0.1) is 11.7 Å². The number of H-pyrrole nitrogens is 1. The minimum atomic E-state index is -0.202. The van der Waals surface area contributed by atoms with Gasteiger partial charge in [0.15, 0.2) is 5.82 Å². The number of hydrogen-bond donors (Lipinski definition) is 1. The first-order valence-electron chi connectivity index (χ1n) is 11.2. The van der Waals surface area contributed by atoms with Crippen molar-refractivity contribution in [1.82, 2.24) is 20.2 Å². The second-order valence-electron chi connectivity index (χ2n) is 8.73. The number of methoxy groups -OCH3 is 1. The zero-order chi connectivity index (χ0) is 22.1. The summed E-state index contributed by atoms with van der Waals surface area (Å²) in [5.41, 5.74) is 3.06. The Labute approximate surface area is 187 Å². The van der Waals surface area contributed by atoms with Crippen molar-refractivity contribution in [2.45, 2.75) is 44.4 Å². The average molecular weight is 431 g/mol. The maximum Gasteiger partial charge on any atom is 0.181 e. The topological polar surface area (TPSA) is 63.7 Å². The molecule has 0 bridgehead atoms. The SMILES string of the molecule is COc1ccc(-c2n[nH]c(C(C)C3CCC(c4ccnc5ccc(F)cc45)CC3)n2)cc1. The zero-order valence-corrected chi connectivity index (χ0v) is 18.4. The van der Waals surface area contributed by atoms with E-state index in [-0.39, 0.29) is 5.82 Å². The van der Waals surface area contributed by atoms with Crippen LogP contribution in [-0.4, -0.2) is 27.3 Å². The first-order chi connectivity index (χ1) is 15.6. The summed E-state index contributed by atoms with van der Waals surface area (Å²) < 4.78 is 19.1. The molecule has 0 saturated heterocycles. The van der Waals surface area contributed by atoms with Crippen LogP contribution in [-0.2, 0) is 0 Å². The Bertz CT molecular complexity index is 1210. The summed E-state index contributed by atoms with van der Waals surface area (Å²) in [6.07, 6.45) is 6.25. The maximum atomic E-state index is 13.9. The molecule has 5 nitrogen and oxygen atoms in total. The molecule has 1 unspecified atom stereocenters. The lowest BCUT2D eigenvalue weighted by Crippen LogP contribution is -2.19. The molecule has 32 heavy (non-hydrogen) atoms. The van der Waals surface area contributed by atoms with Gasteiger partial charge >= 0.3 is 0 Å². The largest absolute Gasteiger partial charge is 0.497 e. The zero-order valence-electron chi connectivity index (χ0n) is 18.4. The Morgan fingerprint density at radius 3 is 2.56 bits per heavy atom. The van der Waals surface area contributed by atoms with Crippen LogP contribution in [0.15, 0.2) is 54.7 Å². The van der Waals surface area contributed by atoms with Gasteiger partial charge in [-0.15, -0.1) is 0 Å². The number of fused-ring (bicyclic) bond motifs is 1. The minimum Gasteiger partial charge on any atom is -0.497 e. The molecule has 2 heterocycles. The van der Waals surface area contributed by atoms with Gasteiger partial charge in [-0.05, 0) is 91.6 Å². The van der Waals surface area contributed by atoms with Crippen molar-refractivity contribution in [3.05, 3.63) is 71.9 Å². The molecular weight excluding hydrogens is 403 g/mol. The lowest BCUT2D eigenvalue weighted by atomic mass is 9.73. The van der Waals surface area contributed by atoms with Gasteiger partial charge in [-0.25, -0.2) is 9.37 Å².